The average Bonchev–Trinajstić information content (AvgIpc) is 2.87. The third kappa shape index (κ3) is 0.911. The van der Waals surface area contributed by atoms with Gasteiger partial charge in [0.2, 0.25) is 4.96 Å². The molecular weight excluding hydrogens is 225 g/mol. The number of benzene rings is 1. The molecule has 16 heavy (non-hydrogen) atoms. The zero-order chi connectivity index (χ0) is 10.7. The molecule has 0 N–H and O–H groups in total. The van der Waals surface area contributed by atoms with Crippen LogP contribution in [0.1, 0.15) is 11.3 Å². The van der Waals surface area contributed by atoms with Gasteiger partial charge >= 0.3 is 0 Å². The van der Waals surface area contributed by atoms with Gasteiger partial charge in [-0.2, -0.15) is 5.10 Å². The highest BCUT2D eigenvalue weighted by Gasteiger charge is 2.25. The van der Waals surface area contributed by atoms with Crippen molar-refractivity contribution >= 4 is 16.3 Å². The zero-order valence-corrected chi connectivity index (χ0v) is 8.96. The second kappa shape index (κ2) is 2.68. The van der Waals surface area contributed by atoms with Gasteiger partial charge in [0.15, 0.2) is 0 Å². The lowest BCUT2D eigenvalue weighted by Crippen LogP contribution is -1.91. The Morgan fingerprint density at radius 3 is 3.25 bits per heavy atom. The Kier molecular flexibility index (Phi) is 1.41. The molecule has 2 heterocycles. The fourth-order valence-corrected chi connectivity index (χ4v) is 2.87. The molecule has 3 aromatic rings. The van der Waals surface area contributed by atoms with Crippen molar-refractivity contribution in [3.05, 3.63) is 40.8 Å². The minimum absolute atomic E-state index is 0.191. The maximum atomic E-state index is 13.1. The number of nitrogens with zero attached hydrogens (tertiary/aromatic N) is 3. The van der Waals surface area contributed by atoms with Gasteiger partial charge < -0.3 is 0 Å². The Morgan fingerprint density at radius 1 is 1.38 bits per heavy atom. The Bertz CT molecular complexity index is 713. The van der Waals surface area contributed by atoms with Gasteiger partial charge in [0.25, 0.3) is 0 Å². The van der Waals surface area contributed by atoms with Crippen molar-refractivity contribution in [3.63, 3.8) is 0 Å². The van der Waals surface area contributed by atoms with Crippen LogP contribution < -0.4 is 0 Å². The smallest absolute Gasteiger partial charge is 0.212 e. The van der Waals surface area contributed by atoms with Crippen LogP contribution in [-0.4, -0.2) is 14.6 Å². The number of hydrogen-bond donors (Lipinski definition) is 0. The van der Waals surface area contributed by atoms with Crippen LogP contribution in [0.2, 0.25) is 0 Å². The molecular formula is C11H6FN3S. The molecule has 0 spiro atoms. The Morgan fingerprint density at radius 2 is 2.31 bits per heavy atom. The van der Waals surface area contributed by atoms with Gasteiger partial charge in [0, 0.05) is 12.0 Å². The van der Waals surface area contributed by atoms with E-state index in [1.54, 1.807) is 17.6 Å². The molecule has 1 aliphatic carbocycles. The van der Waals surface area contributed by atoms with Crippen LogP contribution >= 0.6 is 11.3 Å². The Balaban J connectivity index is 2.07. The third-order valence-electron chi connectivity index (χ3n) is 2.92. The molecule has 0 saturated carbocycles. The number of aromatic nitrogens is 3. The molecule has 5 heteroatoms. The maximum Gasteiger partial charge on any atom is 0.212 e. The van der Waals surface area contributed by atoms with Gasteiger partial charge in [-0.3, -0.25) is 0 Å². The van der Waals surface area contributed by atoms with Crippen molar-refractivity contribution in [3.8, 4) is 11.3 Å². The van der Waals surface area contributed by atoms with Crippen molar-refractivity contribution < 1.29 is 4.39 Å². The van der Waals surface area contributed by atoms with Crippen LogP contribution in [0, 0.1) is 5.82 Å². The fraction of sp³-hybridized carbons (Fsp3) is 0.0909. The molecule has 0 atom stereocenters. The van der Waals surface area contributed by atoms with Crippen LogP contribution in [0.3, 0.4) is 0 Å². The fourth-order valence-electron chi connectivity index (χ4n) is 2.23. The summed E-state index contributed by atoms with van der Waals surface area (Å²) in [7, 11) is 0. The highest BCUT2D eigenvalue weighted by Crippen LogP contribution is 2.36. The Labute approximate surface area is 94.2 Å². The number of imidazole rings is 1. The van der Waals surface area contributed by atoms with Gasteiger partial charge in [-0.1, -0.05) is 11.3 Å². The summed E-state index contributed by atoms with van der Waals surface area (Å²) in [6.45, 7) is 0. The molecule has 0 radical (unpaired) electrons. The molecule has 78 valence electrons. The van der Waals surface area contributed by atoms with Crippen LogP contribution in [0.25, 0.3) is 16.2 Å². The van der Waals surface area contributed by atoms with E-state index in [0.717, 1.165) is 27.5 Å². The van der Waals surface area contributed by atoms with E-state index < -0.39 is 0 Å². The number of halogens is 1. The van der Waals surface area contributed by atoms with Gasteiger partial charge in [-0.15, -0.1) is 0 Å². The first-order valence-corrected chi connectivity index (χ1v) is 5.81. The van der Waals surface area contributed by atoms with E-state index in [1.807, 2.05) is 4.52 Å². The van der Waals surface area contributed by atoms with Crippen molar-refractivity contribution in [2.75, 3.05) is 0 Å². The van der Waals surface area contributed by atoms with Gasteiger partial charge in [0.1, 0.15) is 11.3 Å². The SMILES string of the molecule is Fc1ccc2c(c1)Cc1c-2nc2scnn12. The summed E-state index contributed by atoms with van der Waals surface area (Å²) in [4.78, 5) is 5.42. The molecule has 0 bridgehead atoms. The monoisotopic (exact) mass is 231 g/mol. The summed E-state index contributed by atoms with van der Waals surface area (Å²) < 4.78 is 14.9. The van der Waals surface area contributed by atoms with Crippen LogP contribution in [0.4, 0.5) is 4.39 Å². The van der Waals surface area contributed by atoms with E-state index in [9.17, 15) is 4.39 Å². The van der Waals surface area contributed by atoms with Crippen molar-refractivity contribution in [2.45, 2.75) is 6.42 Å². The van der Waals surface area contributed by atoms with Crippen LogP contribution in [-0.2, 0) is 6.42 Å². The topological polar surface area (TPSA) is 30.2 Å². The summed E-state index contributed by atoms with van der Waals surface area (Å²) in [5, 5.41) is 4.23. The summed E-state index contributed by atoms with van der Waals surface area (Å²) in [5.41, 5.74) is 5.83. The van der Waals surface area contributed by atoms with Gasteiger partial charge in [0.05, 0.1) is 11.4 Å². The summed E-state index contributed by atoms with van der Waals surface area (Å²) >= 11 is 1.52. The zero-order valence-electron chi connectivity index (χ0n) is 8.14. The molecule has 0 amide bonds. The van der Waals surface area contributed by atoms with Crippen molar-refractivity contribution in [1.29, 1.82) is 0 Å². The lowest BCUT2D eigenvalue weighted by Gasteiger charge is -1.97. The lowest BCUT2D eigenvalue weighted by molar-refractivity contribution is 0.626. The third-order valence-corrected chi connectivity index (χ3v) is 3.59. The van der Waals surface area contributed by atoms with E-state index >= 15 is 0 Å². The summed E-state index contributed by atoms with van der Waals surface area (Å²) in [6, 6.07) is 4.86. The molecule has 1 aliphatic rings. The minimum atomic E-state index is -0.191. The Hall–Kier alpha value is -1.75. The van der Waals surface area contributed by atoms with Gasteiger partial charge in [-0.25, -0.2) is 13.9 Å². The second-order valence-electron chi connectivity index (χ2n) is 3.82. The molecule has 0 saturated heterocycles. The van der Waals surface area contributed by atoms with E-state index in [2.05, 4.69) is 10.1 Å². The first-order chi connectivity index (χ1) is 7.83. The molecule has 2 aromatic heterocycles. The summed E-state index contributed by atoms with van der Waals surface area (Å²) in [5.74, 6) is -0.191. The number of hydrogen-bond acceptors (Lipinski definition) is 3. The highest BCUT2D eigenvalue weighted by atomic mass is 32.1. The molecule has 0 unspecified atom stereocenters. The van der Waals surface area contributed by atoms with Crippen molar-refractivity contribution in [1.82, 2.24) is 14.6 Å². The first-order valence-electron chi connectivity index (χ1n) is 4.93. The quantitative estimate of drug-likeness (QED) is 0.465. The molecule has 0 fully saturated rings. The predicted octanol–water partition coefficient (Wildman–Crippen LogP) is 2.50. The van der Waals surface area contributed by atoms with Crippen LogP contribution in [0.15, 0.2) is 23.7 Å². The predicted molar refractivity (Wildman–Crippen MR) is 59.1 cm³/mol. The second-order valence-corrected chi connectivity index (χ2v) is 4.63. The average molecular weight is 231 g/mol. The van der Waals surface area contributed by atoms with Crippen molar-refractivity contribution in [2.24, 2.45) is 0 Å². The maximum absolute atomic E-state index is 13.1. The standard InChI is InChI=1S/C11H6FN3S/c12-7-1-2-8-6(3-7)4-9-10(8)14-11-15(9)13-5-16-11/h1-3,5H,4H2. The first kappa shape index (κ1) is 8.41. The van der Waals surface area contributed by atoms with E-state index in [0.29, 0.717) is 6.42 Å². The minimum Gasteiger partial charge on any atom is -0.217 e. The van der Waals surface area contributed by atoms with E-state index in [4.69, 9.17) is 0 Å². The molecule has 3 nitrogen and oxygen atoms in total. The molecule has 0 aliphatic heterocycles. The summed E-state index contributed by atoms with van der Waals surface area (Å²) in [6.07, 6.45) is 0.716. The highest BCUT2D eigenvalue weighted by molar-refractivity contribution is 7.14. The molecule has 1 aromatic carbocycles. The van der Waals surface area contributed by atoms with E-state index in [-0.39, 0.29) is 5.82 Å². The molecule has 4 rings (SSSR count). The largest absolute Gasteiger partial charge is 0.217 e. The number of rotatable bonds is 0. The lowest BCUT2D eigenvalue weighted by atomic mass is 10.1. The number of fused-ring (bicyclic) bond motifs is 5. The van der Waals surface area contributed by atoms with E-state index in [1.165, 1.54) is 17.4 Å². The normalized spacial score (nSPS) is 13.1. The van der Waals surface area contributed by atoms with Crippen LogP contribution in [0.5, 0.6) is 0 Å². The van der Waals surface area contributed by atoms with Gasteiger partial charge in [-0.05, 0) is 23.8 Å².